The third-order valence-electron chi connectivity index (χ3n) is 1.62. The molecule has 0 saturated heterocycles. The Hall–Kier alpha value is -0.460. The molecule has 1 aromatic heterocycles. The van der Waals surface area contributed by atoms with Gasteiger partial charge in [0, 0.05) is 26.0 Å². The van der Waals surface area contributed by atoms with Crippen molar-refractivity contribution in [2.75, 3.05) is 5.73 Å². The van der Waals surface area contributed by atoms with Gasteiger partial charge in [-0.25, -0.2) is 0 Å². The number of rotatable bonds is 1. The minimum atomic E-state index is 0.485. The molecule has 0 saturated carbocycles. The number of hydrogen-bond donors (Lipinski definition) is 1. The molecule has 14 heavy (non-hydrogen) atoms. The van der Waals surface area contributed by atoms with Crippen LogP contribution in [-0.2, 0) is 0 Å². The zero-order valence-corrected chi connectivity index (χ0v) is 10.9. The van der Waals surface area contributed by atoms with Gasteiger partial charge in [0.15, 0.2) is 11.0 Å². The summed E-state index contributed by atoms with van der Waals surface area (Å²) in [4.78, 5) is 4.10. The Bertz CT molecular complexity index is 469. The molecule has 0 aliphatic heterocycles. The second kappa shape index (κ2) is 3.96. The van der Waals surface area contributed by atoms with Crippen molar-refractivity contribution in [2.24, 2.45) is 0 Å². The van der Waals surface area contributed by atoms with Gasteiger partial charge in [-0.15, -0.1) is 0 Å². The second-order valence-corrected chi connectivity index (χ2v) is 5.08. The van der Waals surface area contributed by atoms with Crippen LogP contribution < -0.4 is 5.73 Å². The Balaban J connectivity index is 2.47. The summed E-state index contributed by atoms with van der Waals surface area (Å²) in [5, 5.41) is 0.485. The Morgan fingerprint density at radius 1 is 1.21 bits per heavy atom. The van der Waals surface area contributed by atoms with Crippen molar-refractivity contribution in [1.29, 1.82) is 0 Å². The van der Waals surface area contributed by atoms with Gasteiger partial charge in [0.25, 0.3) is 0 Å². The molecule has 2 rings (SSSR count). The maximum Gasteiger partial charge on any atom is 0.200 e. The largest absolute Gasteiger partial charge is 0.374 e. The number of nitrogens with zero attached hydrogens (tertiary/aromatic N) is 2. The zero-order chi connectivity index (χ0) is 10.1. The molecule has 6 heteroatoms. The number of aromatic nitrogens is 2. The number of hydrogen-bond acceptors (Lipinski definition) is 4. The molecule has 0 amide bonds. The smallest absolute Gasteiger partial charge is 0.200 e. The average Bonchev–Trinajstić information content (AvgIpc) is 2.57. The average molecular weight is 335 g/mol. The van der Waals surface area contributed by atoms with Crippen molar-refractivity contribution in [3.05, 3.63) is 27.1 Å². The predicted molar refractivity (Wildman–Crippen MR) is 65.2 cm³/mol. The molecule has 0 radical (unpaired) electrons. The molecule has 72 valence electrons. The second-order valence-electron chi connectivity index (χ2n) is 2.59. The van der Waals surface area contributed by atoms with Crippen molar-refractivity contribution in [2.45, 2.75) is 0 Å². The van der Waals surface area contributed by atoms with Crippen LogP contribution in [0.15, 0.2) is 27.1 Å². The van der Waals surface area contributed by atoms with Crippen molar-refractivity contribution >= 4 is 48.5 Å². The van der Waals surface area contributed by atoms with Crippen molar-refractivity contribution < 1.29 is 0 Å². The van der Waals surface area contributed by atoms with E-state index < -0.39 is 0 Å². The van der Waals surface area contributed by atoms with Gasteiger partial charge in [-0.1, -0.05) is 0 Å². The van der Waals surface area contributed by atoms with E-state index in [1.807, 2.05) is 18.2 Å². The van der Waals surface area contributed by atoms with Crippen LogP contribution in [0.3, 0.4) is 0 Å². The number of halogens is 2. The molecule has 2 N–H and O–H groups in total. The molecule has 0 spiro atoms. The first-order valence-corrected chi connectivity index (χ1v) is 6.07. The highest BCUT2D eigenvalue weighted by Gasteiger charge is 2.06. The van der Waals surface area contributed by atoms with Gasteiger partial charge in [-0.2, -0.15) is 9.36 Å². The van der Waals surface area contributed by atoms with Gasteiger partial charge in [0.1, 0.15) is 0 Å². The van der Waals surface area contributed by atoms with Crippen LogP contribution in [0, 0.1) is 0 Å². The summed E-state index contributed by atoms with van der Waals surface area (Å²) in [5.74, 6) is 0.667. The predicted octanol–water partition coefficient (Wildman–Crippen LogP) is 3.31. The maximum atomic E-state index is 5.51. The molecule has 1 heterocycles. The highest BCUT2D eigenvalue weighted by molar-refractivity contribution is 9.13. The molecule has 1 aromatic carbocycles. The summed E-state index contributed by atoms with van der Waals surface area (Å²) in [5.41, 5.74) is 6.46. The van der Waals surface area contributed by atoms with Gasteiger partial charge in [-0.05, 0) is 50.1 Å². The fourth-order valence-electron chi connectivity index (χ4n) is 0.988. The van der Waals surface area contributed by atoms with E-state index in [2.05, 4.69) is 41.2 Å². The first-order chi connectivity index (χ1) is 6.66. The van der Waals surface area contributed by atoms with Crippen LogP contribution in [0.1, 0.15) is 0 Å². The first-order valence-electron chi connectivity index (χ1n) is 3.71. The van der Waals surface area contributed by atoms with Gasteiger partial charge < -0.3 is 5.73 Å². The Labute approximate surface area is 102 Å². The van der Waals surface area contributed by atoms with Crippen molar-refractivity contribution in [1.82, 2.24) is 9.36 Å². The summed E-state index contributed by atoms with van der Waals surface area (Å²) in [6.45, 7) is 0. The topological polar surface area (TPSA) is 51.8 Å². The monoisotopic (exact) mass is 333 g/mol. The van der Waals surface area contributed by atoms with E-state index in [0.717, 1.165) is 14.5 Å². The van der Waals surface area contributed by atoms with E-state index in [0.29, 0.717) is 11.0 Å². The lowest BCUT2D eigenvalue weighted by atomic mass is 10.2. The lowest BCUT2D eigenvalue weighted by Crippen LogP contribution is -1.84. The molecule has 0 aliphatic carbocycles. The number of anilines is 1. The lowest BCUT2D eigenvalue weighted by molar-refractivity contribution is 1.32. The minimum absolute atomic E-state index is 0.485. The lowest BCUT2D eigenvalue weighted by Gasteiger charge is -1.98. The summed E-state index contributed by atoms with van der Waals surface area (Å²) >= 11 is 8.02. The van der Waals surface area contributed by atoms with E-state index in [4.69, 9.17) is 5.73 Å². The number of nitrogen functional groups attached to an aromatic ring is 1. The molecule has 2 aromatic rings. The molecular formula is C8H5Br2N3S. The summed E-state index contributed by atoms with van der Waals surface area (Å²) < 4.78 is 6.11. The van der Waals surface area contributed by atoms with E-state index in [1.54, 1.807) is 0 Å². The highest BCUT2D eigenvalue weighted by atomic mass is 79.9. The van der Waals surface area contributed by atoms with Crippen molar-refractivity contribution in [3.63, 3.8) is 0 Å². The van der Waals surface area contributed by atoms with E-state index in [1.165, 1.54) is 11.5 Å². The molecule has 0 bridgehead atoms. The third-order valence-corrected chi connectivity index (χ3v) is 4.04. The van der Waals surface area contributed by atoms with Crippen LogP contribution in [0.5, 0.6) is 0 Å². The normalized spacial score (nSPS) is 10.4. The van der Waals surface area contributed by atoms with Crippen LogP contribution in [0.25, 0.3) is 11.4 Å². The minimum Gasteiger partial charge on any atom is -0.374 e. The Morgan fingerprint density at radius 2 is 2.00 bits per heavy atom. The first kappa shape index (κ1) is 10.1. The highest BCUT2D eigenvalue weighted by Crippen LogP contribution is 2.28. The third kappa shape index (κ3) is 1.97. The Morgan fingerprint density at radius 3 is 2.57 bits per heavy atom. The Kier molecular flexibility index (Phi) is 2.85. The van der Waals surface area contributed by atoms with Crippen molar-refractivity contribution in [3.8, 4) is 11.4 Å². The van der Waals surface area contributed by atoms with Crippen LogP contribution in [-0.4, -0.2) is 9.36 Å². The summed E-state index contributed by atoms with van der Waals surface area (Å²) in [6, 6.07) is 5.83. The van der Waals surface area contributed by atoms with Gasteiger partial charge in [0.2, 0.25) is 0 Å². The summed E-state index contributed by atoms with van der Waals surface area (Å²) in [6.07, 6.45) is 0. The van der Waals surface area contributed by atoms with Gasteiger partial charge in [-0.3, -0.25) is 0 Å². The van der Waals surface area contributed by atoms with E-state index in [-0.39, 0.29) is 0 Å². The molecule has 0 fully saturated rings. The fourth-order valence-corrected chi connectivity index (χ4v) is 2.07. The molecule has 0 atom stereocenters. The maximum absolute atomic E-state index is 5.51. The quantitative estimate of drug-likeness (QED) is 0.870. The van der Waals surface area contributed by atoms with Gasteiger partial charge in [0.05, 0.1) is 0 Å². The molecule has 0 unspecified atom stereocenters. The van der Waals surface area contributed by atoms with Gasteiger partial charge >= 0.3 is 0 Å². The zero-order valence-electron chi connectivity index (χ0n) is 6.87. The van der Waals surface area contributed by atoms with Crippen LogP contribution in [0.2, 0.25) is 0 Å². The van der Waals surface area contributed by atoms with E-state index >= 15 is 0 Å². The van der Waals surface area contributed by atoms with Crippen LogP contribution in [0.4, 0.5) is 5.13 Å². The SMILES string of the molecule is Nc1nc(-c2ccc(Br)c(Br)c2)ns1. The van der Waals surface area contributed by atoms with E-state index in [9.17, 15) is 0 Å². The fraction of sp³-hybridized carbons (Fsp3) is 0. The molecule has 3 nitrogen and oxygen atoms in total. The number of benzene rings is 1. The number of nitrogens with two attached hydrogens (primary N) is 1. The standard InChI is InChI=1S/C8H5Br2N3S/c9-5-2-1-4(3-6(5)10)7-12-8(11)14-13-7/h1-3H,(H2,11,12,13). The van der Waals surface area contributed by atoms with Crippen LogP contribution >= 0.6 is 43.4 Å². The molecule has 0 aliphatic rings. The summed E-state index contributed by atoms with van der Waals surface area (Å²) in [7, 11) is 0. The molecular weight excluding hydrogens is 330 g/mol.